The smallest absolute Gasteiger partial charge is 0.258 e. The van der Waals surface area contributed by atoms with Gasteiger partial charge in [-0.05, 0) is 42.3 Å². The molecule has 0 spiro atoms. The van der Waals surface area contributed by atoms with Gasteiger partial charge in [0.2, 0.25) is 10.0 Å². The van der Waals surface area contributed by atoms with Crippen LogP contribution in [0.2, 0.25) is 0 Å². The minimum absolute atomic E-state index is 0.108. The van der Waals surface area contributed by atoms with E-state index in [-0.39, 0.29) is 25.1 Å². The molecule has 0 aromatic heterocycles. The predicted molar refractivity (Wildman–Crippen MR) is 108 cm³/mol. The first-order chi connectivity index (χ1) is 13.2. The molecule has 0 aliphatic heterocycles. The Balaban J connectivity index is 1.83. The molecular formula is C20H26N2O5S. The molecule has 7 nitrogen and oxygen atoms in total. The molecule has 152 valence electrons. The van der Waals surface area contributed by atoms with Crippen molar-refractivity contribution in [3.63, 3.8) is 0 Å². The maximum atomic E-state index is 12.1. The van der Waals surface area contributed by atoms with Crippen LogP contribution in [0, 0.1) is 0 Å². The van der Waals surface area contributed by atoms with Crippen molar-refractivity contribution in [2.75, 3.05) is 27.0 Å². The molecule has 1 N–H and O–H groups in total. The fourth-order valence-electron chi connectivity index (χ4n) is 2.47. The van der Waals surface area contributed by atoms with Gasteiger partial charge in [0.25, 0.3) is 5.91 Å². The van der Waals surface area contributed by atoms with Gasteiger partial charge in [0.05, 0.1) is 19.4 Å². The summed E-state index contributed by atoms with van der Waals surface area (Å²) < 4.78 is 34.8. The number of hydrogen-bond donors (Lipinski definition) is 1. The van der Waals surface area contributed by atoms with E-state index in [1.54, 1.807) is 31.4 Å². The van der Waals surface area contributed by atoms with Gasteiger partial charge in [0, 0.05) is 13.6 Å². The normalized spacial score (nSPS) is 12.5. The average Bonchev–Trinajstić information content (AvgIpc) is 2.66. The highest BCUT2D eigenvalue weighted by molar-refractivity contribution is 7.88. The molecule has 28 heavy (non-hydrogen) atoms. The highest BCUT2D eigenvalue weighted by atomic mass is 32.2. The molecule has 2 rings (SSSR count). The fourth-order valence-corrected chi connectivity index (χ4v) is 2.86. The van der Waals surface area contributed by atoms with Crippen LogP contribution in [-0.4, -0.2) is 45.7 Å². The van der Waals surface area contributed by atoms with Crippen molar-refractivity contribution in [1.29, 1.82) is 0 Å². The van der Waals surface area contributed by atoms with Gasteiger partial charge in [0.1, 0.15) is 11.5 Å². The molecule has 1 atom stereocenters. The quantitative estimate of drug-likeness (QED) is 0.691. The van der Waals surface area contributed by atoms with Crippen LogP contribution in [0.15, 0.2) is 48.5 Å². The number of ether oxygens (including phenoxy) is 2. The van der Waals surface area contributed by atoms with E-state index in [0.29, 0.717) is 5.75 Å². The van der Waals surface area contributed by atoms with Crippen molar-refractivity contribution < 1.29 is 22.7 Å². The largest absolute Gasteiger partial charge is 0.497 e. The van der Waals surface area contributed by atoms with Crippen molar-refractivity contribution in [2.24, 2.45) is 0 Å². The Labute approximate surface area is 166 Å². The first kappa shape index (κ1) is 21.7. The van der Waals surface area contributed by atoms with Crippen LogP contribution in [0.25, 0.3) is 0 Å². The van der Waals surface area contributed by atoms with Crippen LogP contribution in [-0.2, 0) is 21.4 Å². The van der Waals surface area contributed by atoms with Crippen LogP contribution < -0.4 is 14.8 Å². The van der Waals surface area contributed by atoms with E-state index < -0.39 is 10.0 Å². The topological polar surface area (TPSA) is 84.9 Å². The van der Waals surface area contributed by atoms with Crippen LogP contribution >= 0.6 is 0 Å². The molecule has 0 aliphatic carbocycles. The molecule has 0 radical (unpaired) electrons. The maximum absolute atomic E-state index is 12.1. The summed E-state index contributed by atoms with van der Waals surface area (Å²) in [7, 11) is -0.102. The van der Waals surface area contributed by atoms with Gasteiger partial charge in [-0.2, -0.15) is 0 Å². The molecule has 8 heteroatoms. The molecule has 0 unspecified atom stereocenters. The van der Waals surface area contributed by atoms with Gasteiger partial charge in [0.15, 0.2) is 6.61 Å². The van der Waals surface area contributed by atoms with Crippen molar-refractivity contribution in [3.05, 3.63) is 59.7 Å². The van der Waals surface area contributed by atoms with Crippen LogP contribution in [0.3, 0.4) is 0 Å². The zero-order chi connectivity index (χ0) is 20.7. The third-order valence-corrected chi connectivity index (χ3v) is 5.52. The Hall–Kier alpha value is -2.58. The minimum atomic E-state index is -3.23. The van der Waals surface area contributed by atoms with Crippen molar-refractivity contribution in [3.8, 4) is 11.5 Å². The number of benzene rings is 2. The zero-order valence-electron chi connectivity index (χ0n) is 16.5. The van der Waals surface area contributed by atoms with E-state index in [4.69, 9.17) is 9.47 Å². The second-order valence-electron chi connectivity index (χ2n) is 6.51. The highest BCUT2D eigenvalue weighted by Crippen LogP contribution is 2.17. The standard InChI is InChI=1S/C20H26N2O5S/c1-15(17-7-11-18(26-3)12-8-17)21-20(23)14-27-19-9-5-16(6-10-19)13-22(2)28(4,24)25/h5-12,15H,13-14H2,1-4H3,(H,21,23)/t15-/m0/s1. The summed E-state index contributed by atoms with van der Waals surface area (Å²) in [5, 5.41) is 2.88. The second-order valence-corrected chi connectivity index (χ2v) is 8.60. The summed E-state index contributed by atoms with van der Waals surface area (Å²) in [4.78, 5) is 12.1. The first-order valence-electron chi connectivity index (χ1n) is 8.75. The van der Waals surface area contributed by atoms with E-state index >= 15 is 0 Å². The Morgan fingerprint density at radius 2 is 1.64 bits per heavy atom. The Morgan fingerprint density at radius 1 is 1.07 bits per heavy atom. The molecule has 0 saturated carbocycles. The SMILES string of the molecule is COc1ccc([C@H](C)NC(=O)COc2ccc(CN(C)S(C)(=O)=O)cc2)cc1. The molecular weight excluding hydrogens is 380 g/mol. The Bertz CT molecular complexity index is 880. The summed E-state index contributed by atoms with van der Waals surface area (Å²) in [6, 6.07) is 14.3. The monoisotopic (exact) mass is 406 g/mol. The van der Waals surface area contributed by atoms with E-state index in [1.807, 2.05) is 31.2 Å². The third-order valence-electron chi connectivity index (χ3n) is 4.26. The van der Waals surface area contributed by atoms with Crippen molar-refractivity contribution in [1.82, 2.24) is 9.62 Å². The van der Waals surface area contributed by atoms with Gasteiger partial charge in [-0.1, -0.05) is 24.3 Å². The lowest BCUT2D eigenvalue weighted by molar-refractivity contribution is -0.123. The van der Waals surface area contributed by atoms with E-state index in [1.165, 1.54) is 11.4 Å². The van der Waals surface area contributed by atoms with Gasteiger partial charge in [-0.3, -0.25) is 4.79 Å². The van der Waals surface area contributed by atoms with E-state index in [2.05, 4.69) is 5.32 Å². The Morgan fingerprint density at radius 3 is 2.18 bits per heavy atom. The van der Waals surface area contributed by atoms with Crippen molar-refractivity contribution >= 4 is 15.9 Å². The molecule has 2 aromatic rings. The number of nitrogens with one attached hydrogen (secondary N) is 1. The lowest BCUT2D eigenvalue weighted by Gasteiger charge is -2.16. The highest BCUT2D eigenvalue weighted by Gasteiger charge is 2.12. The molecule has 0 aliphatic rings. The van der Waals surface area contributed by atoms with Gasteiger partial charge < -0.3 is 14.8 Å². The lowest BCUT2D eigenvalue weighted by Crippen LogP contribution is -2.31. The first-order valence-corrected chi connectivity index (χ1v) is 10.6. The number of carbonyl (C=O) groups excluding carboxylic acids is 1. The molecule has 0 fully saturated rings. The van der Waals surface area contributed by atoms with Gasteiger partial charge >= 0.3 is 0 Å². The summed E-state index contributed by atoms with van der Waals surface area (Å²) in [6.07, 6.45) is 1.16. The maximum Gasteiger partial charge on any atom is 0.258 e. The number of carbonyl (C=O) groups is 1. The van der Waals surface area contributed by atoms with Gasteiger partial charge in [-0.15, -0.1) is 0 Å². The fraction of sp³-hybridized carbons (Fsp3) is 0.350. The van der Waals surface area contributed by atoms with E-state index in [9.17, 15) is 13.2 Å². The van der Waals surface area contributed by atoms with E-state index in [0.717, 1.165) is 23.1 Å². The second kappa shape index (κ2) is 9.57. The number of sulfonamides is 1. The summed E-state index contributed by atoms with van der Waals surface area (Å²) in [5.41, 5.74) is 1.80. The average molecular weight is 407 g/mol. The zero-order valence-corrected chi connectivity index (χ0v) is 17.3. The number of methoxy groups -OCH3 is 1. The molecule has 0 heterocycles. The lowest BCUT2D eigenvalue weighted by atomic mass is 10.1. The van der Waals surface area contributed by atoms with Crippen LogP contribution in [0.5, 0.6) is 11.5 Å². The molecule has 1 amide bonds. The van der Waals surface area contributed by atoms with Crippen LogP contribution in [0.1, 0.15) is 24.1 Å². The Kier molecular flexibility index (Phi) is 7.42. The number of hydrogen-bond acceptors (Lipinski definition) is 5. The minimum Gasteiger partial charge on any atom is -0.497 e. The predicted octanol–water partition coefficient (Wildman–Crippen LogP) is 2.34. The van der Waals surface area contributed by atoms with Crippen molar-refractivity contribution in [2.45, 2.75) is 19.5 Å². The summed E-state index contributed by atoms with van der Waals surface area (Å²) in [5.74, 6) is 1.07. The molecule has 0 saturated heterocycles. The molecule has 2 aromatic carbocycles. The molecule has 0 bridgehead atoms. The number of rotatable bonds is 9. The van der Waals surface area contributed by atoms with Crippen LogP contribution in [0.4, 0.5) is 0 Å². The number of amides is 1. The third kappa shape index (κ3) is 6.54. The number of nitrogens with zero attached hydrogens (tertiary/aromatic N) is 1. The summed E-state index contributed by atoms with van der Waals surface area (Å²) in [6.45, 7) is 2.06. The van der Waals surface area contributed by atoms with Gasteiger partial charge in [-0.25, -0.2) is 12.7 Å². The summed E-state index contributed by atoms with van der Waals surface area (Å²) >= 11 is 0.